The quantitative estimate of drug-likeness (QED) is 0.480. The van der Waals surface area contributed by atoms with Gasteiger partial charge in [-0.3, -0.25) is 4.79 Å². The fourth-order valence-corrected chi connectivity index (χ4v) is 4.20. The highest BCUT2D eigenvalue weighted by Crippen LogP contribution is 2.49. The van der Waals surface area contributed by atoms with Crippen LogP contribution in [0.25, 0.3) is 0 Å². The zero-order valence-electron chi connectivity index (χ0n) is 9.52. The van der Waals surface area contributed by atoms with Crippen LogP contribution in [0.3, 0.4) is 0 Å². The largest absolute Gasteiger partial charge is 0.463 e. The molecule has 1 atom stereocenters. The van der Waals surface area contributed by atoms with Gasteiger partial charge >= 0.3 is 5.97 Å². The molecule has 0 N–H and O–H groups in total. The van der Waals surface area contributed by atoms with Gasteiger partial charge in [0.2, 0.25) is 0 Å². The van der Waals surface area contributed by atoms with Crippen molar-refractivity contribution in [3.8, 4) is 0 Å². The number of esters is 1. The van der Waals surface area contributed by atoms with Gasteiger partial charge < -0.3 is 4.74 Å². The van der Waals surface area contributed by atoms with Gasteiger partial charge in [0.25, 0.3) is 0 Å². The monoisotopic (exact) mass is 200 g/mol. The second-order valence-corrected chi connectivity index (χ2v) is 11.6. The Balaban J connectivity index is 2.88. The molecule has 1 rings (SSSR count). The van der Waals surface area contributed by atoms with Crippen LogP contribution in [0.5, 0.6) is 0 Å². The smallest absolute Gasteiger partial charge is 0.309 e. The third-order valence-electron chi connectivity index (χ3n) is 4.02. The number of hydrogen-bond donors (Lipinski definition) is 0. The lowest BCUT2D eigenvalue weighted by Gasteiger charge is -2.53. The van der Waals surface area contributed by atoms with Gasteiger partial charge in [0.1, 0.15) is 13.3 Å². The fourth-order valence-electron chi connectivity index (χ4n) is 1.66. The number of rotatable bonds is 1. The highest BCUT2D eigenvalue weighted by molar-refractivity contribution is 6.83. The summed E-state index contributed by atoms with van der Waals surface area (Å²) in [5.74, 6) is -0.0349. The van der Waals surface area contributed by atoms with Gasteiger partial charge in [-0.05, 0) is 12.0 Å². The first kappa shape index (κ1) is 10.8. The van der Waals surface area contributed by atoms with Crippen molar-refractivity contribution in [2.24, 2.45) is 0 Å². The van der Waals surface area contributed by atoms with Crippen molar-refractivity contribution in [1.82, 2.24) is 0 Å². The zero-order valence-corrected chi connectivity index (χ0v) is 10.5. The van der Waals surface area contributed by atoms with E-state index < -0.39 is 8.07 Å². The average molecular weight is 200 g/mol. The molecule has 3 heteroatoms. The van der Waals surface area contributed by atoms with Crippen molar-refractivity contribution in [3.63, 3.8) is 0 Å². The predicted molar refractivity (Wildman–Crippen MR) is 56.3 cm³/mol. The van der Waals surface area contributed by atoms with E-state index in [0.29, 0.717) is 6.42 Å². The standard InChI is InChI=1S/C10H20O2Si/c1-9(2,3)13(5,6)10(4)7-8(11)12-10/h7H2,1-6H3. The second kappa shape index (κ2) is 2.59. The van der Waals surface area contributed by atoms with Gasteiger partial charge in [-0.1, -0.05) is 33.9 Å². The highest BCUT2D eigenvalue weighted by Gasteiger charge is 2.58. The lowest BCUT2D eigenvalue weighted by molar-refractivity contribution is -0.175. The van der Waals surface area contributed by atoms with Gasteiger partial charge in [0, 0.05) is 0 Å². The first-order valence-corrected chi connectivity index (χ1v) is 7.82. The Morgan fingerprint density at radius 1 is 1.38 bits per heavy atom. The van der Waals surface area contributed by atoms with Crippen LogP contribution in [0.1, 0.15) is 34.1 Å². The summed E-state index contributed by atoms with van der Waals surface area (Å²) in [6.07, 6.45) is 0.615. The van der Waals surface area contributed by atoms with Gasteiger partial charge in [-0.25, -0.2) is 0 Å². The van der Waals surface area contributed by atoms with Crippen molar-refractivity contribution in [1.29, 1.82) is 0 Å². The Morgan fingerprint density at radius 3 is 2.00 bits per heavy atom. The average Bonchev–Trinajstić information content (AvgIpc) is 1.81. The number of ether oxygens (including phenoxy) is 1. The molecular weight excluding hydrogens is 180 g/mol. The van der Waals surface area contributed by atoms with Gasteiger partial charge in [-0.2, -0.15) is 0 Å². The minimum absolute atomic E-state index is 0.0349. The molecule has 0 amide bonds. The molecule has 0 saturated carbocycles. The Morgan fingerprint density at radius 2 is 1.77 bits per heavy atom. The molecule has 1 unspecified atom stereocenters. The Kier molecular flexibility index (Phi) is 2.15. The molecule has 0 aromatic carbocycles. The first-order chi connectivity index (χ1) is 5.60. The second-order valence-electron chi connectivity index (χ2n) is 5.76. The summed E-state index contributed by atoms with van der Waals surface area (Å²) in [7, 11) is -1.53. The molecule has 1 aliphatic heterocycles. The summed E-state index contributed by atoms with van der Waals surface area (Å²) in [5, 5.41) is 0.144. The van der Waals surface area contributed by atoms with E-state index in [1.54, 1.807) is 0 Å². The topological polar surface area (TPSA) is 26.3 Å². The molecule has 1 heterocycles. The molecule has 1 fully saturated rings. The van der Waals surface area contributed by atoms with E-state index in [-0.39, 0.29) is 16.2 Å². The molecule has 76 valence electrons. The van der Waals surface area contributed by atoms with Crippen LogP contribution in [0, 0.1) is 0 Å². The molecule has 0 radical (unpaired) electrons. The first-order valence-electron chi connectivity index (χ1n) is 4.82. The van der Waals surface area contributed by atoms with Crippen LogP contribution in [-0.4, -0.2) is 19.3 Å². The number of cyclic esters (lactones) is 1. The molecular formula is C10H20O2Si. The van der Waals surface area contributed by atoms with E-state index in [9.17, 15) is 4.79 Å². The van der Waals surface area contributed by atoms with E-state index >= 15 is 0 Å². The van der Waals surface area contributed by atoms with Gasteiger partial charge in [0.15, 0.2) is 0 Å². The van der Waals surface area contributed by atoms with Crippen molar-refractivity contribution in [2.75, 3.05) is 0 Å². The van der Waals surface area contributed by atoms with Crippen LogP contribution < -0.4 is 0 Å². The molecule has 0 aromatic heterocycles. The molecule has 0 aliphatic carbocycles. The summed E-state index contributed by atoms with van der Waals surface area (Å²) in [6, 6.07) is 0. The Bertz CT molecular complexity index is 230. The van der Waals surface area contributed by atoms with E-state index in [1.807, 2.05) is 0 Å². The van der Waals surface area contributed by atoms with Crippen molar-refractivity contribution >= 4 is 14.0 Å². The molecule has 0 aromatic rings. The van der Waals surface area contributed by atoms with Gasteiger partial charge in [0.05, 0.1) is 6.42 Å². The maximum atomic E-state index is 10.9. The summed E-state index contributed by atoms with van der Waals surface area (Å²) in [4.78, 5) is 10.9. The van der Waals surface area contributed by atoms with Crippen molar-refractivity contribution in [3.05, 3.63) is 0 Å². The molecule has 0 bridgehead atoms. The molecule has 1 aliphatic rings. The highest BCUT2D eigenvalue weighted by atomic mass is 28.3. The minimum Gasteiger partial charge on any atom is -0.463 e. The summed E-state index contributed by atoms with van der Waals surface area (Å²) in [6.45, 7) is 13.4. The lowest BCUT2D eigenvalue weighted by atomic mass is 10.2. The van der Waals surface area contributed by atoms with Crippen molar-refractivity contribution in [2.45, 2.75) is 57.5 Å². The predicted octanol–water partition coefficient (Wildman–Crippen LogP) is 2.74. The maximum absolute atomic E-state index is 10.9. The zero-order chi connectivity index (χ0) is 10.5. The van der Waals surface area contributed by atoms with Crippen LogP contribution in [0.2, 0.25) is 18.1 Å². The molecule has 0 spiro atoms. The van der Waals surface area contributed by atoms with Crippen molar-refractivity contribution < 1.29 is 9.53 Å². The molecule has 1 saturated heterocycles. The molecule has 2 nitrogen and oxygen atoms in total. The third kappa shape index (κ3) is 1.43. The van der Waals surface area contributed by atoms with Gasteiger partial charge in [-0.15, -0.1) is 0 Å². The van der Waals surface area contributed by atoms with Crippen LogP contribution in [-0.2, 0) is 9.53 Å². The lowest BCUT2D eigenvalue weighted by Crippen LogP contribution is -2.66. The number of hydrogen-bond acceptors (Lipinski definition) is 2. The third-order valence-corrected chi connectivity index (χ3v) is 10.7. The summed E-state index contributed by atoms with van der Waals surface area (Å²) >= 11 is 0. The van der Waals surface area contributed by atoms with Crippen LogP contribution >= 0.6 is 0 Å². The maximum Gasteiger partial charge on any atom is 0.309 e. The minimum atomic E-state index is -1.53. The number of carbonyl (C=O) groups excluding carboxylic acids is 1. The molecule has 13 heavy (non-hydrogen) atoms. The van der Waals surface area contributed by atoms with E-state index in [2.05, 4.69) is 40.8 Å². The Labute approximate surface area is 81.7 Å². The normalized spacial score (nSPS) is 29.5. The van der Waals surface area contributed by atoms with E-state index in [4.69, 9.17) is 4.74 Å². The van der Waals surface area contributed by atoms with Crippen LogP contribution in [0.15, 0.2) is 0 Å². The van der Waals surface area contributed by atoms with E-state index in [0.717, 1.165) is 0 Å². The fraction of sp³-hybridized carbons (Fsp3) is 0.900. The SMILES string of the molecule is CC(C)(C)[Si](C)(C)C1(C)CC(=O)O1. The Hall–Kier alpha value is -0.313. The number of carbonyl (C=O) groups is 1. The summed E-state index contributed by atoms with van der Waals surface area (Å²) in [5.41, 5.74) is 0. The van der Waals surface area contributed by atoms with Crippen LogP contribution in [0.4, 0.5) is 0 Å². The van der Waals surface area contributed by atoms with E-state index in [1.165, 1.54) is 0 Å². The summed E-state index contributed by atoms with van der Waals surface area (Å²) < 4.78 is 5.34.